The molecule has 1 atom stereocenters. The van der Waals surface area contributed by atoms with Gasteiger partial charge in [0, 0.05) is 6.04 Å². The van der Waals surface area contributed by atoms with Gasteiger partial charge in [-0.2, -0.15) is 20.2 Å². The zero-order valence-electron chi connectivity index (χ0n) is 9.26. The number of hydrogen-bond donors (Lipinski definition) is 2. The van der Waals surface area contributed by atoms with Gasteiger partial charge in [-0.25, -0.2) is 0 Å². The Labute approximate surface area is 96.2 Å². The van der Waals surface area contributed by atoms with E-state index in [-0.39, 0.29) is 12.6 Å². The molecule has 0 unspecified atom stereocenters. The van der Waals surface area contributed by atoms with Gasteiger partial charge in [0.25, 0.3) is 10.1 Å². The average molecular weight is 255 g/mol. The lowest BCUT2D eigenvalue weighted by atomic mass is 9.87. The first-order valence-electron chi connectivity index (χ1n) is 4.62. The summed E-state index contributed by atoms with van der Waals surface area (Å²) >= 11 is 1.66. The highest BCUT2D eigenvalue weighted by atomic mass is 32.2. The van der Waals surface area contributed by atoms with Gasteiger partial charge in [0.15, 0.2) is 0 Å². The zero-order valence-corrected chi connectivity index (χ0v) is 10.9. The molecular weight excluding hydrogens is 237 g/mol. The summed E-state index contributed by atoms with van der Waals surface area (Å²) < 4.78 is 26.2. The van der Waals surface area contributed by atoms with Gasteiger partial charge >= 0.3 is 7.05 Å². The fourth-order valence-corrected chi connectivity index (χ4v) is 1.95. The third-order valence-corrected chi connectivity index (χ3v) is 2.84. The molecule has 5 nitrogen and oxygen atoms in total. The molecule has 90 valence electrons. The van der Waals surface area contributed by atoms with Gasteiger partial charge in [0.2, 0.25) is 0 Å². The first kappa shape index (κ1) is 15.2. The summed E-state index contributed by atoms with van der Waals surface area (Å²) in [4.78, 5) is 0. The van der Waals surface area contributed by atoms with E-state index in [0.717, 1.165) is 18.4 Å². The van der Waals surface area contributed by atoms with Crippen molar-refractivity contribution in [2.24, 2.45) is 0 Å². The van der Waals surface area contributed by atoms with E-state index in [1.807, 2.05) is 6.26 Å². The Bertz CT molecular complexity index is 258. The Kier molecular flexibility index (Phi) is 7.63. The lowest BCUT2D eigenvalue weighted by molar-refractivity contribution is 0.279. The van der Waals surface area contributed by atoms with Crippen LogP contribution < -0.4 is 5.23 Å². The van der Waals surface area contributed by atoms with Crippen molar-refractivity contribution in [2.75, 3.05) is 24.9 Å². The predicted octanol–water partition coefficient (Wildman–Crippen LogP) is -0.216. The molecule has 2 N–H and O–H groups in total. The first-order valence-corrected chi connectivity index (χ1v) is 7.83. The largest absolute Gasteiger partial charge is 0.437 e. The van der Waals surface area contributed by atoms with E-state index in [0.29, 0.717) is 0 Å². The van der Waals surface area contributed by atoms with Crippen LogP contribution in [0.2, 0.25) is 6.82 Å². The average Bonchev–Trinajstić information content (AvgIpc) is 2.07. The number of hydrogen-bond acceptors (Lipinski definition) is 6. The third kappa shape index (κ3) is 10.5. The van der Waals surface area contributed by atoms with Gasteiger partial charge in [-0.3, -0.25) is 4.18 Å². The lowest BCUT2D eigenvalue weighted by Gasteiger charge is -2.18. The highest BCUT2D eigenvalue weighted by Crippen LogP contribution is 2.03. The van der Waals surface area contributed by atoms with Crippen molar-refractivity contribution < 1.29 is 17.6 Å². The molecule has 0 aromatic rings. The molecule has 0 fully saturated rings. The molecule has 0 aliphatic carbocycles. The van der Waals surface area contributed by atoms with Gasteiger partial charge < -0.3 is 10.3 Å². The van der Waals surface area contributed by atoms with Crippen molar-refractivity contribution in [3.63, 3.8) is 0 Å². The molecular formula is C7H18BNO4S2. The second-order valence-electron chi connectivity index (χ2n) is 3.31. The highest BCUT2D eigenvalue weighted by molar-refractivity contribution is 7.98. The van der Waals surface area contributed by atoms with E-state index in [9.17, 15) is 8.42 Å². The van der Waals surface area contributed by atoms with Gasteiger partial charge in [0.05, 0.1) is 12.9 Å². The summed E-state index contributed by atoms with van der Waals surface area (Å²) in [6.45, 7) is 1.65. The maximum absolute atomic E-state index is 10.8. The van der Waals surface area contributed by atoms with E-state index in [4.69, 9.17) is 5.02 Å². The van der Waals surface area contributed by atoms with Crippen molar-refractivity contribution >= 4 is 28.9 Å². The van der Waals surface area contributed by atoms with Crippen LogP contribution in [0.25, 0.3) is 0 Å². The van der Waals surface area contributed by atoms with Crippen LogP contribution in [0.5, 0.6) is 0 Å². The smallest absolute Gasteiger partial charge is 0.373 e. The molecule has 0 rings (SSSR count). The van der Waals surface area contributed by atoms with Gasteiger partial charge in [-0.1, -0.05) is 0 Å². The summed E-state index contributed by atoms with van der Waals surface area (Å²) in [5, 5.41) is 12.0. The second kappa shape index (κ2) is 7.51. The maximum atomic E-state index is 10.8. The molecule has 0 heterocycles. The van der Waals surface area contributed by atoms with Crippen LogP contribution >= 0.6 is 11.8 Å². The van der Waals surface area contributed by atoms with Crippen molar-refractivity contribution in [2.45, 2.75) is 19.3 Å². The summed E-state index contributed by atoms with van der Waals surface area (Å²) in [7, 11) is -4.08. The first-order chi connectivity index (χ1) is 6.85. The number of thioether (sulfide) groups is 1. The predicted molar refractivity (Wildman–Crippen MR) is 64.6 cm³/mol. The van der Waals surface area contributed by atoms with Crippen molar-refractivity contribution in [1.29, 1.82) is 0 Å². The molecule has 0 aliphatic heterocycles. The topological polar surface area (TPSA) is 75.6 Å². The van der Waals surface area contributed by atoms with Crippen LogP contribution in [0, 0.1) is 0 Å². The molecule has 15 heavy (non-hydrogen) atoms. The van der Waals surface area contributed by atoms with Crippen LogP contribution in [-0.2, 0) is 14.3 Å². The Balaban J connectivity index is 4.00. The van der Waals surface area contributed by atoms with Crippen LogP contribution in [0.1, 0.15) is 6.42 Å². The van der Waals surface area contributed by atoms with Crippen LogP contribution in [0.15, 0.2) is 0 Å². The lowest BCUT2D eigenvalue weighted by Crippen LogP contribution is -2.43. The number of nitrogens with one attached hydrogen (secondary N) is 1. The summed E-state index contributed by atoms with van der Waals surface area (Å²) in [6.07, 6.45) is 3.74. The molecule has 8 heteroatoms. The summed E-state index contributed by atoms with van der Waals surface area (Å²) in [6, 6.07) is -0.146. The minimum Gasteiger partial charge on any atom is -0.437 e. The van der Waals surface area contributed by atoms with Crippen molar-refractivity contribution in [3.8, 4) is 0 Å². The van der Waals surface area contributed by atoms with E-state index in [1.54, 1.807) is 18.6 Å². The minimum absolute atomic E-state index is 0.0598. The molecule has 0 spiro atoms. The number of rotatable bonds is 8. The second-order valence-corrected chi connectivity index (χ2v) is 5.94. The Morgan fingerprint density at radius 1 is 1.60 bits per heavy atom. The summed E-state index contributed by atoms with van der Waals surface area (Å²) in [5.41, 5.74) is 0. The molecule has 0 saturated heterocycles. The van der Waals surface area contributed by atoms with Crippen molar-refractivity contribution in [1.82, 2.24) is 5.23 Å². The minimum atomic E-state index is -3.41. The van der Waals surface area contributed by atoms with Crippen LogP contribution in [0.4, 0.5) is 0 Å². The highest BCUT2D eigenvalue weighted by Gasteiger charge is 2.15. The molecule has 0 aromatic heterocycles. The third-order valence-electron chi connectivity index (χ3n) is 1.63. The Hall–Kier alpha value is 0.245. The van der Waals surface area contributed by atoms with Crippen molar-refractivity contribution in [3.05, 3.63) is 0 Å². The van der Waals surface area contributed by atoms with Gasteiger partial charge in [-0.15, -0.1) is 0 Å². The quantitative estimate of drug-likeness (QED) is 0.461. The molecule has 0 aromatic carbocycles. The Morgan fingerprint density at radius 3 is 2.60 bits per heavy atom. The molecule has 0 bridgehead atoms. The van der Waals surface area contributed by atoms with E-state index < -0.39 is 17.2 Å². The van der Waals surface area contributed by atoms with Crippen LogP contribution in [0.3, 0.4) is 0 Å². The SMILES string of the molecule is CSCC[C@@H](COS(C)(=O)=O)NB(C)O. The van der Waals surface area contributed by atoms with Gasteiger partial charge in [-0.05, 0) is 25.3 Å². The standard InChI is InChI=1S/C7H18BNO4S2/c1-8(10)9-7(4-5-14-2)6-13-15(3,11)12/h7,9-10H,4-6H2,1-3H3/t7-/m0/s1. The fourth-order valence-electron chi connectivity index (χ4n) is 1.02. The monoisotopic (exact) mass is 255 g/mol. The van der Waals surface area contributed by atoms with E-state index in [2.05, 4.69) is 9.41 Å². The van der Waals surface area contributed by atoms with E-state index >= 15 is 0 Å². The van der Waals surface area contributed by atoms with E-state index in [1.165, 1.54) is 0 Å². The molecule has 0 amide bonds. The molecule has 0 aliphatic rings. The Morgan fingerprint density at radius 2 is 2.20 bits per heavy atom. The van der Waals surface area contributed by atoms with Crippen LogP contribution in [-0.4, -0.2) is 51.4 Å². The normalized spacial score (nSPS) is 13.9. The van der Waals surface area contributed by atoms with Gasteiger partial charge in [0.1, 0.15) is 0 Å². The fraction of sp³-hybridized carbons (Fsp3) is 1.00. The zero-order chi connectivity index (χ0) is 11.9. The molecule has 0 saturated carbocycles. The maximum Gasteiger partial charge on any atom is 0.373 e. The molecule has 0 radical (unpaired) electrons. The summed E-state index contributed by atoms with van der Waals surface area (Å²) in [5.74, 6) is 0.886.